The Morgan fingerprint density at radius 1 is 1.30 bits per heavy atom. The molecule has 104 valence electrons. The number of alkyl halides is 1. The van der Waals surface area contributed by atoms with Crippen molar-refractivity contribution in [2.75, 3.05) is 0 Å². The average molecular weight is 289 g/mol. The van der Waals surface area contributed by atoms with Gasteiger partial charge < -0.3 is 0 Å². The Balaban J connectivity index is 1.83. The Kier molecular flexibility index (Phi) is 3.62. The van der Waals surface area contributed by atoms with Crippen LogP contribution in [0.25, 0.3) is 0 Å². The fourth-order valence-electron chi connectivity index (χ4n) is 2.76. The summed E-state index contributed by atoms with van der Waals surface area (Å²) in [6.45, 7) is 2.10. The molecular weight excluding hydrogens is 272 g/mol. The minimum absolute atomic E-state index is 0.260. The summed E-state index contributed by atoms with van der Waals surface area (Å²) in [5.41, 5.74) is 8.06. The maximum absolute atomic E-state index is 12.1. The van der Waals surface area contributed by atoms with Gasteiger partial charge in [-0.2, -0.15) is 5.10 Å². The Morgan fingerprint density at radius 3 is 2.75 bits per heavy atom. The molecule has 2 aliphatic rings. The van der Waals surface area contributed by atoms with E-state index in [1.165, 1.54) is 0 Å². The molecule has 0 saturated carbocycles. The summed E-state index contributed by atoms with van der Waals surface area (Å²) in [5.74, 6) is 1.18. The molecule has 1 aliphatic carbocycles. The second kappa shape index (κ2) is 5.41. The van der Waals surface area contributed by atoms with Crippen molar-refractivity contribution >= 4 is 23.1 Å². The first-order valence-electron chi connectivity index (χ1n) is 6.90. The smallest absolute Gasteiger partial charge is 0.161 e. The van der Waals surface area contributed by atoms with E-state index in [2.05, 4.69) is 17.5 Å². The normalized spacial score (nSPS) is 22.2. The lowest BCUT2D eigenvalue weighted by Gasteiger charge is -2.27. The van der Waals surface area contributed by atoms with Crippen LogP contribution in [0.1, 0.15) is 37.3 Å². The Bertz CT molecular complexity index is 601. The number of carbonyl (C=O) groups is 1. The second-order valence-corrected chi connectivity index (χ2v) is 5.84. The number of halogens is 1. The molecule has 1 N–H and O–H groups in total. The van der Waals surface area contributed by atoms with E-state index in [9.17, 15) is 4.79 Å². The van der Waals surface area contributed by atoms with Gasteiger partial charge in [-0.25, -0.2) is 0 Å². The summed E-state index contributed by atoms with van der Waals surface area (Å²) in [6, 6.07) is 8.03. The van der Waals surface area contributed by atoms with Crippen molar-refractivity contribution in [2.24, 2.45) is 11.0 Å². The van der Waals surface area contributed by atoms with Crippen LogP contribution >= 0.6 is 11.6 Å². The highest BCUT2D eigenvalue weighted by Gasteiger charge is 2.28. The molecule has 1 heterocycles. The van der Waals surface area contributed by atoms with Crippen molar-refractivity contribution in [2.45, 2.75) is 32.1 Å². The molecule has 3 nitrogen and oxygen atoms in total. The predicted molar refractivity (Wildman–Crippen MR) is 80.7 cm³/mol. The number of hydrogen-bond acceptors (Lipinski definition) is 3. The molecular formula is C16H17ClN2O. The number of Topliss-reactive ketones (excluding diaryl/α,β-unsaturated/α-hetero) is 1. The molecule has 0 spiro atoms. The van der Waals surface area contributed by atoms with E-state index in [-0.39, 0.29) is 5.78 Å². The third kappa shape index (κ3) is 2.50. The predicted octanol–water partition coefficient (Wildman–Crippen LogP) is 3.38. The molecule has 1 atom stereocenters. The van der Waals surface area contributed by atoms with Crippen molar-refractivity contribution < 1.29 is 4.79 Å². The molecule has 1 unspecified atom stereocenters. The van der Waals surface area contributed by atoms with Crippen molar-refractivity contribution in [1.29, 1.82) is 0 Å². The van der Waals surface area contributed by atoms with Gasteiger partial charge in [0.25, 0.3) is 0 Å². The van der Waals surface area contributed by atoms with Gasteiger partial charge >= 0.3 is 0 Å². The van der Waals surface area contributed by atoms with Gasteiger partial charge in [-0.3, -0.25) is 10.2 Å². The van der Waals surface area contributed by atoms with Crippen molar-refractivity contribution in [3.05, 3.63) is 46.7 Å². The molecule has 3 rings (SSSR count). The number of nitrogens with zero attached hydrogens (tertiary/aromatic N) is 1. The average Bonchev–Trinajstić information content (AvgIpc) is 2.47. The number of rotatable bonds is 2. The van der Waals surface area contributed by atoms with Crippen molar-refractivity contribution in [3.63, 3.8) is 0 Å². The quantitative estimate of drug-likeness (QED) is 0.848. The summed E-state index contributed by atoms with van der Waals surface area (Å²) in [5, 5.41) is 4.43. The van der Waals surface area contributed by atoms with Gasteiger partial charge in [0.1, 0.15) is 0 Å². The molecule has 0 bridgehead atoms. The lowest BCUT2D eigenvalue weighted by atomic mass is 9.84. The van der Waals surface area contributed by atoms with Gasteiger partial charge in [-0.05, 0) is 23.5 Å². The summed E-state index contributed by atoms with van der Waals surface area (Å²) in [6.07, 6.45) is 2.20. The highest BCUT2D eigenvalue weighted by atomic mass is 35.5. The molecule has 1 aliphatic heterocycles. The third-order valence-electron chi connectivity index (χ3n) is 3.90. The maximum atomic E-state index is 12.1. The largest absolute Gasteiger partial charge is 0.294 e. The Hall–Kier alpha value is -1.61. The molecule has 0 fully saturated rings. The number of hydrazone groups is 1. The third-order valence-corrected chi connectivity index (χ3v) is 4.21. The zero-order valence-electron chi connectivity index (χ0n) is 11.4. The zero-order valence-corrected chi connectivity index (χ0v) is 12.2. The number of ketones is 1. The number of allylic oxidation sites excluding steroid dienone is 2. The van der Waals surface area contributed by atoms with E-state index < -0.39 is 0 Å². The summed E-state index contributed by atoms with van der Waals surface area (Å²) < 4.78 is 0. The van der Waals surface area contributed by atoms with E-state index in [1.54, 1.807) is 0 Å². The van der Waals surface area contributed by atoms with Crippen molar-refractivity contribution in [3.8, 4) is 0 Å². The molecule has 1 aromatic rings. The minimum Gasteiger partial charge on any atom is -0.294 e. The molecule has 1 aromatic carbocycles. The van der Waals surface area contributed by atoms with Gasteiger partial charge in [0, 0.05) is 30.0 Å². The molecule has 0 radical (unpaired) electrons. The van der Waals surface area contributed by atoms with Gasteiger partial charge in [-0.15, -0.1) is 11.6 Å². The van der Waals surface area contributed by atoms with Gasteiger partial charge in [0.2, 0.25) is 0 Å². The second-order valence-electron chi connectivity index (χ2n) is 5.57. The molecule has 0 aromatic heterocycles. The highest BCUT2D eigenvalue weighted by Crippen LogP contribution is 2.30. The lowest BCUT2D eigenvalue weighted by Crippen LogP contribution is -2.29. The number of benzene rings is 1. The van der Waals surface area contributed by atoms with Crippen LogP contribution in [0.3, 0.4) is 0 Å². The summed E-state index contributed by atoms with van der Waals surface area (Å²) >= 11 is 5.79. The van der Waals surface area contributed by atoms with Crippen LogP contribution in [0.15, 0.2) is 40.6 Å². The van der Waals surface area contributed by atoms with Crippen LogP contribution < -0.4 is 5.43 Å². The zero-order chi connectivity index (χ0) is 14.1. The van der Waals surface area contributed by atoms with E-state index in [4.69, 9.17) is 11.6 Å². The molecule has 0 saturated heterocycles. The maximum Gasteiger partial charge on any atom is 0.161 e. The molecule has 20 heavy (non-hydrogen) atoms. The minimum atomic E-state index is 0.260. The fraction of sp³-hybridized carbons (Fsp3) is 0.375. The highest BCUT2D eigenvalue weighted by molar-refractivity contribution is 6.17. The SMILES string of the molecule is CC1CC(=O)C2=C(C1)NN=C(c1ccc(CCl)cc1)C2. The van der Waals surface area contributed by atoms with Gasteiger partial charge in [-0.1, -0.05) is 31.2 Å². The van der Waals surface area contributed by atoms with E-state index >= 15 is 0 Å². The first-order chi connectivity index (χ1) is 9.67. The summed E-state index contributed by atoms with van der Waals surface area (Å²) in [7, 11) is 0. The van der Waals surface area contributed by atoms with E-state index in [0.717, 1.165) is 34.5 Å². The Labute approximate surface area is 123 Å². The molecule has 4 heteroatoms. The molecule has 0 amide bonds. The van der Waals surface area contributed by atoms with Crippen molar-refractivity contribution in [1.82, 2.24) is 5.43 Å². The Morgan fingerprint density at radius 2 is 2.05 bits per heavy atom. The topological polar surface area (TPSA) is 41.5 Å². The van der Waals surface area contributed by atoms with E-state index in [0.29, 0.717) is 24.6 Å². The summed E-state index contributed by atoms with van der Waals surface area (Å²) in [4.78, 5) is 12.1. The van der Waals surface area contributed by atoms with Gasteiger partial charge in [0.05, 0.1) is 5.71 Å². The van der Waals surface area contributed by atoms with E-state index in [1.807, 2.05) is 24.3 Å². The van der Waals surface area contributed by atoms with Crippen LogP contribution in [0, 0.1) is 5.92 Å². The van der Waals surface area contributed by atoms with Crippen LogP contribution in [-0.4, -0.2) is 11.5 Å². The van der Waals surface area contributed by atoms with Crippen LogP contribution in [0.5, 0.6) is 0 Å². The van der Waals surface area contributed by atoms with Crippen LogP contribution in [-0.2, 0) is 10.7 Å². The standard InChI is InChI=1S/C16H17ClN2O/c1-10-6-15-13(16(20)7-10)8-14(18-19-15)12-4-2-11(9-17)3-5-12/h2-5,10,19H,6-9H2,1H3. The lowest BCUT2D eigenvalue weighted by molar-refractivity contribution is -0.117. The fourth-order valence-corrected chi connectivity index (χ4v) is 2.94. The first-order valence-corrected chi connectivity index (χ1v) is 7.44. The monoisotopic (exact) mass is 288 g/mol. The number of carbonyl (C=O) groups excluding carboxylic acids is 1. The van der Waals surface area contributed by atoms with Gasteiger partial charge in [0.15, 0.2) is 5.78 Å². The number of hydrogen-bond donors (Lipinski definition) is 1. The first kappa shape index (κ1) is 13.4. The van der Waals surface area contributed by atoms with Crippen LogP contribution in [0.2, 0.25) is 0 Å². The van der Waals surface area contributed by atoms with Crippen LogP contribution in [0.4, 0.5) is 0 Å². The number of nitrogens with one attached hydrogen (secondary N) is 1.